The van der Waals surface area contributed by atoms with E-state index in [-0.39, 0.29) is 0 Å². The highest BCUT2D eigenvalue weighted by Crippen LogP contribution is 2.31. The maximum Gasteiger partial charge on any atom is 0.0762 e. The van der Waals surface area contributed by atoms with E-state index >= 15 is 0 Å². The van der Waals surface area contributed by atoms with Crippen molar-refractivity contribution in [2.75, 3.05) is 5.75 Å². The third-order valence-electron chi connectivity index (χ3n) is 2.66. The molecule has 2 atom stereocenters. The molecule has 0 heterocycles. The minimum atomic E-state index is -0.453. The lowest BCUT2D eigenvalue weighted by molar-refractivity contribution is 0.199. The van der Waals surface area contributed by atoms with Crippen LogP contribution in [-0.4, -0.2) is 10.9 Å². The first-order valence-corrected chi connectivity index (χ1v) is 7.01. The molecule has 1 aromatic rings. The second-order valence-electron chi connectivity index (χ2n) is 4.19. The molecule has 3 heteroatoms. The van der Waals surface area contributed by atoms with Crippen LogP contribution in [0.25, 0.3) is 0 Å². The van der Waals surface area contributed by atoms with Crippen molar-refractivity contribution < 1.29 is 5.11 Å². The largest absolute Gasteiger partial charge is 0.389 e. The van der Waals surface area contributed by atoms with Gasteiger partial charge < -0.3 is 5.11 Å². The van der Waals surface area contributed by atoms with Gasteiger partial charge in [0.15, 0.2) is 0 Å². The van der Waals surface area contributed by atoms with Gasteiger partial charge in [-0.1, -0.05) is 37.9 Å². The number of halogens is 1. The molecule has 1 nitrogen and oxygen atoms in total. The van der Waals surface area contributed by atoms with Crippen molar-refractivity contribution in [1.82, 2.24) is 0 Å². The van der Waals surface area contributed by atoms with Crippen LogP contribution in [0.1, 0.15) is 38.9 Å². The van der Waals surface area contributed by atoms with E-state index in [1.165, 1.54) is 6.42 Å². The zero-order chi connectivity index (χ0) is 12.1. The summed E-state index contributed by atoms with van der Waals surface area (Å²) < 4.78 is 0. The molecule has 0 aliphatic heterocycles. The van der Waals surface area contributed by atoms with Gasteiger partial charge in [-0.05, 0) is 30.5 Å². The summed E-state index contributed by atoms with van der Waals surface area (Å²) in [5, 5.41) is 10.2. The Bertz CT molecular complexity index is 339. The number of thioether (sulfide) groups is 1. The average molecular weight is 259 g/mol. The van der Waals surface area contributed by atoms with Crippen molar-refractivity contribution in [1.29, 1.82) is 0 Å². The number of hydrogen-bond acceptors (Lipinski definition) is 2. The van der Waals surface area contributed by atoms with Gasteiger partial charge in [-0.15, -0.1) is 11.8 Å². The number of rotatable bonds is 5. The van der Waals surface area contributed by atoms with E-state index in [9.17, 15) is 5.11 Å². The van der Waals surface area contributed by atoms with Crippen LogP contribution in [0.5, 0.6) is 0 Å². The van der Waals surface area contributed by atoms with Crippen LogP contribution in [0.2, 0.25) is 5.02 Å². The molecule has 0 saturated heterocycles. The van der Waals surface area contributed by atoms with Crippen LogP contribution >= 0.6 is 23.4 Å². The van der Waals surface area contributed by atoms with Crippen LogP contribution in [0.4, 0.5) is 0 Å². The van der Waals surface area contributed by atoms with E-state index in [0.29, 0.717) is 5.92 Å². The fourth-order valence-electron chi connectivity index (χ4n) is 1.24. The third-order valence-corrected chi connectivity index (χ3v) is 4.49. The SMILES string of the molecule is CCC(C)CSc1ccc([C@H](C)O)cc1Cl. The van der Waals surface area contributed by atoms with Crippen molar-refractivity contribution in [3.8, 4) is 0 Å². The summed E-state index contributed by atoms with van der Waals surface area (Å²) in [6.07, 6.45) is 0.738. The zero-order valence-corrected chi connectivity index (χ0v) is 11.6. The van der Waals surface area contributed by atoms with Gasteiger partial charge in [-0.2, -0.15) is 0 Å². The summed E-state index contributed by atoms with van der Waals surface area (Å²) in [6.45, 7) is 6.19. The first-order chi connectivity index (χ1) is 7.54. The zero-order valence-electron chi connectivity index (χ0n) is 10.0. The molecule has 0 radical (unpaired) electrons. The Morgan fingerprint density at radius 2 is 2.06 bits per heavy atom. The van der Waals surface area contributed by atoms with Crippen molar-refractivity contribution >= 4 is 23.4 Å². The molecule has 16 heavy (non-hydrogen) atoms. The molecular weight excluding hydrogens is 240 g/mol. The number of aliphatic hydroxyl groups excluding tert-OH is 1. The van der Waals surface area contributed by atoms with Crippen LogP contribution in [-0.2, 0) is 0 Å². The third kappa shape index (κ3) is 4.00. The Morgan fingerprint density at radius 1 is 1.38 bits per heavy atom. The van der Waals surface area contributed by atoms with Crippen molar-refractivity contribution in [3.63, 3.8) is 0 Å². The highest BCUT2D eigenvalue weighted by molar-refractivity contribution is 7.99. The molecule has 0 aliphatic rings. The second-order valence-corrected chi connectivity index (χ2v) is 5.66. The molecule has 0 bridgehead atoms. The number of hydrogen-bond donors (Lipinski definition) is 1. The molecule has 0 fully saturated rings. The number of benzene rings is 1. The lowest BCUT2D eigenvalue weighted by Crippen LogP contribution is -1.96. The average Bonchev–Trinajstić information content (AvgIpc) is 2.26. The van der Waals surface area contributed by atoms with E-state index in [1.54, 1.807) is 18.7 Å². The molecule has 0 spiro atoms. The Morgan fingerprint density at radius 3 is 2.56 bits per heavy atom. The van der Waals surface area contributed by atoms with Crippen LogP contribution in [0.15, 0.2) is 23.1 Å². The Kier molecular flexibility index (Phi) is 5.67. The van der Waals surface area contributed by atoms with E-state index in [1.807, 2.05) is 18.2 Å². The Labute approximate surface area is 107 Å². The molecule has 90 valence electrons. The molecule has 0 aromatic heterocycles. The Balaban J connectivity index is 2.68. The molecule has 1 unspecified atom stereocenters. The summed E-state index contributed by atoms with van der Waals surface area (Å²) >= 11 is 7.95. The highest BCUT2D eigenvalue weighted by atomic mass is 35.5. The van der Waals surface area contributed by atoms with Gasteiger partial charge in [-0.3, -0.25) is 0 Å². The van der Waals surface area contributed by atoms with Crippen molar-refractivity contribution in [3.05, 3.63) is 28.8 Å². The monoisotopic (exact) mass is 258 g/mol. The van der Waals surface area contributed by atoms with Crippen molar-refractivity contribution in [2.45, 2.75) is 38.2 Å². The van der Waals surface area contributed by atoms with Gasteiger partial charge in [0, 0.05) is 10.6 Å². The summed E-state index contributed by atoms with van der Waals surface area (Å²) in [7, 11) is 0. The lowest BCUT2D eigenvalue weighted by atomic mass is 10.1. The molecule has 1 rings (SSSR count). The topological polar surface area (TPSA) is 20.2 Å². The maximum atomic E-state index is 9.43. The van der Waals surface area contributed by atoms with Gasteiger partial charge in [-0.25, -0.2) is 0 Å². The van der Waals surface area contributed by atoms with E-state index < -0.39 is 6.10 Å². The summed E-state index contributed by atoms with van der Waals surface area (Å²) in [5.74, 6) is 1.79. The fourth-order valence-corrected chi connectivity index (χ4v) is 2.66. The van der Waals surface area contributed by atoms with Crippen molar-refractivity contribution in [2.24, 2.45) is 5.92 Å². The molecule has 1 N–H and O–H groups in total. The molecule has 0 saturated carbocycles. The van der Waals surface area contributed by atoms with E-state index in [2.05, 4.69) is 13.8 Å². The smallest absolute Gasteiger partial charge is 0.0762 e. The number of aliphatic hydroxyl groups is 1. The van der Waals surface area contributed by atoms with E-state index in [4.69, 9.17) is 11.6 Å². The maximum absolute atomic E-state index is 9.43. The standard InChI is InChI=1S/C13H19ClOS/c1-4-9(2)8-16-13-6-5-11(10(3)15)7-12(13)14/h5-7,9-10,15H,4,8H2,1-3H3/t9?,10-/m0/s1. The van der Waals surface area contributed by atoms with Gasteiger partial charge in [0.05, 0.1) is 11.1 Å². The summed E-state index contributed by atoms with van der Waals surface area (Å²) in [5.41, 5.74) is 0.873. The molecule has 0 aliphatic carbocycles. The first kappa shape index (κ1) is 13.9. The molecule has 1 aromatic carbocycles. The first-order valence-electron chi connectivity index (χ1n) is 5.64. The minimum absolute atomic E-state index is 0.453. The minimum Gasteiger partial charge on any atom is -0.389 e. The van der Waals surface area contributed by atoms with E-state index in [0.717, 1.165) is 21.2 Å². The lowest BCUT2D eigenvalue weighted by Gasteiger charge is -2.11. The van der Waals surface area contributed by atoms with Gasteiger partial charge in [0.25, 0.3) is 0 Å². The summed E-state index contributed by atoms with van der Waals surface area (Å²) in [4.78, 5) is 1.10. The normalized spacial score (nSPS) is 14.8. The van der Waals surface area contributed by atoms with Crippen LogP contribution in [0, 0.1) is 5.92 Å². The fraction of sp³-hybridized carbons (Fsp3) is 0.538. The Hall–Kier alpha value is -0.180. The van der Waals surface area contributed by atoms with Crippen LogP contribution < -0.4 is 0 Å². The predicted octanol–water partition coefficient (Wildman–Crippen LogP) is 4.53. The highest BCUT2D eigenvalue weighted by Gasteiger charge is 2.07. The molecular formula is C13H19ClOS. The quantitative estimate of drug-likeness (QED) is 0.783. The predicted molar refractivity (Wildman–Crippen MR) is 72.3 cm³/mol. The summed E-state index contributed by atoms with van der Waals surface area (Å²) in [6, 6.07) is 5.79. The van der Waals surface area contributed by atoms with Crippen LogP contribution in [0.3, 0.4) is 0 Å². The second kappa shape index (κ2) is 6.53. The van der Waals surface area contributed by atoms with Gasteiger partial charge in [0.2, 0.25) is 0 Å². The molecule has 0 amide bonds. The van der Waals surface area contributed by atoms with Gasteiger partial charge >= 0.3 is 0 Å². The van der Waals surface area contributed by atoms with Gasteiger partial charge in [0.1, 0.15) is 0 Å².